The summed E-state index contributed by atoms with van der Waals surface area (Å²) in [7, 11) is 0. The predicted molar refractivity (Wildman–Crippen MR) is 106 cm³/mol. The van der Waals surface area contributed by atoms with Gasteiger partial charge in [0.15, 0.2) is 0 Å². The smallest absolute Gasteiger partial charge is 0.243 e. The van der Waals surface area contributed by atoms with E-state index < -0.39 is 0 Å². The zero-order valence-corrected chi connectivity index (χ0v) is 16.0. The first-order valence-electron chi connectivity index (χ1n) is 9.83. The van der Waals surface area contributed by atoms with E-state index in [1.165, 1.54) is 5.56 Å². The van der Waals surface area contributed by atoms with Crippen molar-refractivity contribution in [3.63, 3.8) is 0 Å². The summed E-state index contributed by atoms with van der Waals surface area (Å²) in [6.45, 7) is 4.35. The van der Waals surface area contributed by atoms with Crippen LogP contribution in [0, 0.1) is 0 Å². The Kier molecular flexibility index (Phi) is 9.58. The molecule has 0 bridgehead atoms. The maximum Gasteiger partial charge on any atom is 0.243 e. The number of amides is 2. The van der Waals surface area contributed by atoms with Crippen LogP contribution in [0.1, 0.15) is 44.1 Å². The Morgan fingerprint density at radius 2 is 1.63 bits per heavy atom. The normalized spacial score (nSPS) is 15.2. The fourth-order valence-corrected chi connectivity index (χ4v) is 3.21. The summed E-state index contributed by atoms with van der Waals surface area (Å²) in [5.74, 6) is -0.106. The number of nitrogens with one attached hydrogen (secondary N) is 1. The van der Waals surface area contributed by atoms with Gasteiger partial charge >= 0.3 is 0 Å². The predicted octanol–water partition coefficient (Wildman–Crippen LogP) is 2.69. The molecule has 0 saturated carbocycles. The Labute approximate surface area is 161 Å². The highest BCUT2D eigenvalue weighted by Gasteiger charge is 2.19. The van der Waals surface area contributed by atoms with Gasteiger partial charge in [0.25, 0.3) is 0 Å². The first kappa shape index (κ1) is 21.1. The molecule has 6 heteroatoms. The van der Waals surface area contributed by atoms with Crippen molar-refractivity contribution in [3.8, 4) is 0 Å². The van der Waals surface area contributed by atoms with Gasteiger partial charge in [0.05, 0.1) is 0 Å². The van der Waals surface area contributed by atoms with E-state index in [1.54, 1.807) is 5.48 Å². The average molecular weight is 373 g/mol. The minimum Gasteiger partial charge on any atom is -0.340 e. The second-order valence-corrected chi connectivity index (χ2v) is 6.94. The van der Waals surface area contributed by atoms with Crippen LogP contribution in [0.15, 0.2) is 36.4 Å². The third kappa shape index (κ3) is 8.37. The van der Waals surface area contributed by atoms with E-state index in [0.717, 1.165) is 58.4 Å². The van der Waals surface area contributed by atoms with Crippen molar-refractivity contribution in [3.05, 3.63) is 42.0 Å². The monoisotopic (exact) mass is 373 g/mol. The van der Waals surface area contributed by atoms with E-state index in [4.69, 9.17) is 5.21 Å². The fraction of sp³-hybridized carbons (Fsp3) is 0.524. The van der Waals surface area contributed by atoms with E-state index in [9.17, 15) is 9.59 Å². The van der Waals surface area contributed by atoms with Crippen LogP contribution in [0.25, 0.3) is 6.08 Å². The van der Waals surface area contributed by atoms with Gasteiger partial charge < -0.3 is 4.90 Å². The van der Waals surface area contributed by atoms with Crippen molar-refractivity contribution in [2.24, 2.45) is 0 Å². The number of hydroxylamine groups is 1. The largest absolute Gasteiger partial charge is 0.340 e. The molecule has 0 spiro atoms. The van der Waals surface area contributed by atoms with Crippen LogP contribution in [-0.2, 0) is 9.59 Å². The van der Waals surface area contributed by atoms with Crippen LogP contribution in [0.2, 0.25) is 0 Å². The third-order valence-electron chi connectivity index (χ3n) is 4.87. The molecule has 0 aromatic heterocycles. The van der Waals surface area contributed by atoms with E-state index in [2.05, 4.69) is 29.2 Å². The number of rotatable bonds is 10. The summed E-state index contributed by atoms with van der Waals surface area (Å²) < 4.78 is 0. The average Bonchev–Trinajstić information content (AvgIpc) is 2.71. The van der Waals surface area contributed by atoms with Crippen molar-refractivity contribution in [1.29, 1.82) is 0 Å². The molecule has 6 nitrogen and oxygen atoms in total. The van der Waals surface area contributed by atoms with Crippen LogP contribution < -0.4 is 5.48 Å². The summed E-state index contributed by atoms with van der Waals surface area (Å²) in [5.41, 5.74) is 2.85. The highest BCUT2D eigenvalue weighted by molar-refractivity contribution is 5.76. The van der Waals surface area contributed by atoms with E-state index >= 15 is 0 Å². The maximum absolute atomic E-state index is 12.3. The molecule has 27 heavy (non-hydrogen) atoms. The number of unbranched alkanes of at least 4 members (excludes halogenated alkanes) is 3. The second-order valence-electron chi connectivity index (χ2n) is 6.94. The van der Waals surface area contributed by atoms with Crippen LogP contribution >= 0.6 is 0 Å². The lowest BCUT2D eigenvalue weighted by molar-refractivity contribution is -0.133. The van der Waals surface area contributed by atoms with Gasteiger partial charge in [0.2, 0.25) is 11.8 Å². The van der Waals surface area contributed by atoms with Gasteiger partial charge in [-0.3, -0.25) is 19.7 Å². The lowest BCUT2D eigenvalue weighted by Crippen LogP contribution is -2.48. The molecule has 1 aliphatic heterocycles. The highest BCUT2D eigenvalue weighted by atomic mass is 16.5. The summed E-state index contributed by atoms with van der Waals surface area (Å²) in [4.78, 5) is 27.5. The molecule has 0 atom stereocenters. The van der Waals surface area contributed by atoms with Gasteiger partial charge in [0.1, 0.15) is 0 Å². The summed E-state index contributed by atoms with van der Waals surface area (Å²) in [5, 5.41) is 8.42. The Morgan fingerprint density at radius 3 is 2.30 bits per heavy atom. The zero-order valence-electron chi connectivity index (χ0n) is 16.0. The molecule has 1 saturated heterocycles. The Bertz CT molecular complexity index is 596. The summed E-state index contributed by atoms with van der Waals surface area (Å²) >= 11 is 0. The van der Waals surface area contributed by atoms with Gasteiger partial charge in [-0.05, 0) is 18.4 Å². The first-order valence-corrected chi connectivity index (χ1v) is 9.83. The van der Waals surface area contributed by atoms with Gasteiger partial charge in [-0.25, -0.2) is 5.48 Å². The molecule has 0 radical (unpaired) electrons. The summed E-state index contributed by atoms with van der Waals surface area (Å²) in [6, 6.07) is 10.3. The number of carbonyl (C=O) groups excluding carboxylic acids is 2. The van der Waals surface area contributed by atoms with Crippen molar-refractivity contribution < 1.29 is 14.8 Å². The Morgan fingerprint density at radius 1 is 0.963 bits per heavy atom. The molecule has 1 aliphatic rings. The molecule has 148 valence electrons. The third-order valence-corrected chi connectivity index (χ3v) is 4.87. The molecule has 0 aliphatic carbocycles. The van der Waals surface area contributed by atoms with Crippen molar-refractivity contribution in [2.45, 2.75) is 38.5 Å². The Balaban J connectivity index is 1.55. The van der Waals surface area contributed by atoms with E-state index in [1.807, 2.05) is 23.1 Å². The molecular formula is C21H31N3O3. The molecule has 1 aromatic rings. The zero-order chi connectivity index (χ0) is 19.3. The van der Waals surface area contributed by atoms with Crippen LogP contribution in [0.4, 0.5) is 0 Å². The molecule has 1 aromatic carbocycles. The van der Waals surface area contributed by atoms with Gasteiger partial charge in [-0.15, -0.1) is 0 Å². The SMILES string of the molecule is O=C(CCCCCCC(=O)N1CCN(CC=Cc2ccccc2)CC1)NO. The standard InChI is InChI=1S/C21H31N3O3/c25-20(22-27)12-6-1-2-7-13-21(26)24-17-15-23(16-18-24)14-8-11-19-9-4-3-5-10-19/h3-5,8-11,27H,1-2,6-7,12-18H2,(H,22,25). The minimum absolute atomic E-state index is 0.238. The molecule has 0 unspecified atom stereocenters. The molecule has 2 rings (SSSR count). The van der Waals surface area contributed by atoms with Crippen LogP contribution in [-0.4, -0.2) is 59.5 Å². The number of hydrogen-bond acceptors (Lipinski definition) is 4. The minimum atomic E-state index is -0.345. The number of benzene rings is 1. The molecule has 1 heterocycles. The first-order chi connectivity index (χ1) is 13.2. The van der Waals surface area contributed by atoms with Crippen molar-refractivity contribution >= 4 is 17.9 Å². The van der Waals surface area contributed by atoms with E-state index in [-0.39, 0.29) is 11.8 Å². The van der Waals surface area contributed by atoms with Crippen molar-refractivity contribution in [2.75, 3.05) is 32.7 Å². The number of hydrogen-bond donors (Lipinski definition) is 2. The summed E-state index contributed by atoms with van der Waals surface area (Å²) in [6.07, 6.45) is 8.70. The molecule has 2 N–H and O–H groups in total. The highest BCUT2D eigenvalue weighted by Crippen LogP contribution is 2.10. The molecule has 2 amide bonds. The second kappa shape index (κ2) is 12.3. The quantitative estimate of drug-likeness (QED) is 0.376. The molecule has 1 fully saturated rings. The van der Waals surface area contributed by atoms with Gasteiger partial charge in [-0.1, -0.05) is 55.3 Å². The number of nitrogens with zero attached hydrogens (tertiary/aromatic N) is 2. The fourth-order valence-electron chi connectivity index (χ4n) is 3.21. The van der Waals surface area contributed by atoms with Gasteiger partial charge in [-0.2, -0.15) is 0 Å². The Hall–Kier alpha value is -2.18. The number of piperazine rings is 1. The van der Waals surface area contributed by atoms with Crippen molar-refractivity contribution in [1.82, 2.24) is 15.3 Å². The lowest BCUT2D eigenvalue weighted by Gasteiger charge is -2.34. The van der Waals surface area contributed by atoms with Crippen LogP contribution in [0.3, 0.4) is 0 Å². The molecular weight excluding hydrogens is 342 g/mol. The maximum atomic E-state index is 12.3. The number of carbonyl (C=O) groups is 2. The van der Waals surface area contributed by atoms with Gasteiger partial charge in [0, 0.05) is 45.6 Å². The van der Waals surface area contributed by atoms with E-state index in [0.29, 0.717) is 12.8 Å². The van der Waals surface area contributed by atoms with Crippen LogP contribution in [0.5, 0.6) is 0 Å². The topological polar surface area (TPSA) is 72.9 Å². The lowest BCUT2D eigenvalue weighted by atomic mass is 10.1.